The van der Waals surface area contributed by atoms with Crippen LogP contribution in [0.2, 0.25) is 0 Å². The Morgan fingerprint density at radius 3 is 2.74 bits per heavy atom. The van der Waals surface area contributed by atoms with Crippen LogP contribution in [0.1, 0.15) is 6.92 Å². The summed E-state index contributed by atoms with van der Waals surface area (Å²) in [7, 11) is 1.51. The summed E-state index contributed by atoms with van der Waals surface area (Å²) in [6.45, 7) is 1.88. The number of benzene rings is 1. The second kappa shape index (κ2) is 7.20. The number of nitro benzene ring substituents is 1. The van der Waals surface area contributed by atoms with Gasteiger partial charge in [0.05, 0.1) is 18.6 Å². The van der Waals surface area contributed by atoms with Crippen LogP contribution < -0.4 is 10.1 Å². The van der Waals surface area contributed by atoms with Gasteiger partial charge in [0.1, 0.15) is 11.4 Å². The summed E-state index contributed by atoms with van der Waals surface area (Å²) < 4.78 is 5.07. The van der Waals surface area contributed by atoms with Crippen molar-refractivity contribution in [3.8, 4) is 5.75 Å². The lowest BCUT2D eigenvalue weighted by Crippen LogP contribution is -2.31. The van der Waals surface area contributed by atoms with Gasteiger partial charge in [0.15, 0.2) is 0 Å². The molecule has 0 amide bonds. The molecule has 0 aliphatic carbocycles. The lowest BCUT2D eigenvalue weighted by atomic mass is 10.2. The molecule has 2 unspecified atom stereocenters. The highest BCUT2D eigenvalue weighted by molar-refractivity contribution is 7.99. The Kier molecular flexibility index (Phi) is 5.91. The highest BCUT2D eigenvalue weighted by Crippen LogP contribution is 2.30. The van der Waals surface area contributed by atoms with Crippen LogP contribution in [0.3, 0.4) is 0 Å². The number of hydrogen-bond donors (Lipinski definition) is 2. The van der Waals surface area contributed by atoms with Gasteiger partial charge in [-0.05, 0) is 19.2 Å². The van der Waals surface area contributed by atoms with E-state index in [1.165, 1.54) is 24.9 Å². The standard InChI is InChI=1S/C12H18N2O4S/c1-8(12(7-15)19-3)13-10-6-9(18-2)4-5-11(10)14(16)17/h4-6,8,12-13,15H,7H2,1-3H3. The highest BCUT2D eigenvalue weighted by Gasteiger charge is 2.20. The van der Waals surface area contributed by atoms with Crippen molar-refractivity contribution in [1.82, 2.24) is 0 Å². The Balaban J connectivity index is 3.00. The molecule has 106 valence electrons. The molecule has 19 heavy (non-hydrogen) atoms. The second-order valence-corrected chi connectivity index (χ2v) is 5.11. The Hall–Kier alpha value is -1.47. The smallest absolute Gasteiger partial charge is 0.292 e. The number of aliphatic hydroxyl groups excluding tert-OH is 1. The van der Waals surface area contributed by atoms with Crippen molar-refractivity contribution in [2.24, 2.45) is 0 Å². The van der Waals surface area contributed by atoms with Crippen LogP contribution in [-0.2, 0) is 0 Å². The zero-order valence-corrected chi connectivity index (χ0v) is 11.9. The van der Waals surface area contributed by atoms with Gasteiger partial charge in [0.2, 0.25) is 0 Å². The number of anilines is 1. The molecule has 0 aliphatic rings. The van der Waals surface area contributed by atoms with Crippen molar-refractivity contribution >= 4 is 23.1 Å². The fourth-order valence-electron chi connectivity index (χ4n) is 1.69. The van der Waals surface area contributed by atoms with Crippen molar-refractivity contribution < 1.29 is 14.8 Å². The summed E-state index contributed by atoms with van der Waals surface area (Å²) in [6.07, 6.45) is 1.89. The van der Waals surface area contributed by atoms with Crippen molar-refractivity contribution in [3.05, 3.63) is 28.3 Å². The SMILES string of the molecule is COc1ccc([N+](=O)[O-])c(NC(C)C(CO)SC)c1. The quantitative estimate of drug-likeness (QED) is 0.590. The maximum atomic E-state index is 11.0. The minimum atomic E-state index is -0.443. The molecule has 1 aromatic carbocycles. The third-order valence-electron chi connectivity index (χ3n) is 2.82. The van der Waals surface area contributed by atoms with Gasteiger partial charge in [-0.25, -0.2) is 0 Å². The minimum Gasteiger partial charge on any atom is -0.497 e. The molecule has 0 saturated heterocycles. The molecule has 1 rings (SSSR count). The number of rotatable bonds is 7. The lowest BCUT2D eigenvalue weighted by molar-refractivity contribution is -0.384. The number of ether oxygens (including phenoxy) is 1. The van der Waals surface area contributed by atoms with Gasteiger partial charge in [-0.3, -0.25) is 10.1 Å². The Morgan fingerprint density at radius 1 is 1.58 bits per heavy atom. The van der Waals surface area contributed by atoms with Crippen LogP contribution >= 0.6 is 11.8 Å². The maximum Gasteiger partial charge on any atom is 0.292 e. The van der Waals surface area contributed by atoms with E-state index < -0.39 is 4.92 Å². The predicted molar refractivity (Wildman–Crippen MR) is 77.1 cm³/mol. The van der Waals surface area contributed by atoms with Crippen LogP contribution in [0.5, 0.6) is 5.75 Å². The van der Waals surface area contributed by atoms with Gasteiger partial charge in [-0.15, -0.1) is 0 Å². The van der Waals surface area contributed by atoms with E-state index in [0.717, 1.165) is 0 Å². The molecule has 6 nitrogen and oxygen atoms in total. The van der Waals surface area contributed by atoms with E-state index in [4.69, 9.17) is 4.74 Å². The van der Waals surface area contributed by atoms with Crippen molar-refractivity contribution in [3.63, 3.8) is 0 Å². The van der Waals surface area contributed by atoms with Crippen LogP contribution in [0, 0.1) is 10.1 Å². The summed E-state index contributed by atoms with van der Waals surface area (Å²) in [4.78, 5) is 10.5. The molecule has 2 N–H and O–H groups in total. The molecule has 0 aromatic heterocycles. The number of hydrogen-bond acceptors (Lipinski definition) is 6. The first-order valence-electron chi connectivity index (χ1n) is 5.76. The molecule has 2 atom stereocenters. The van der Waals surface area contributed by atoms with Gasteiger partial charge in [0, 0.05) is 23.4 Å². The zero-order chi connectivity index (χ0) is 14.4. The first-order chi connectivity index (χ1) is 9.03. The molecule has 1 aromatic rings. The summed E-state index contributed by atoms with van der Waals surface area (Å²) in [5.41, 5.74) is 0.384. The number of nitro groups is 1. The average Bonchev–Trinajstić information content (AvgIpc) is 2.39. The first-order valence-corrected chi connectivity index (χ1v) is 7.04. The van der Waals surface area contributed by atoms with Gasteiger partial charge in [-0.1, -0.05) is 0 Å². The van der Waals surface area contributed by atoms with Gasteiger partial charge < -0.3 is 15.2 Å². The number of nitrogens with zero attached hydrogens (tertiary/aromatic N) is 1. The normalized spacial score (nSPS) is 13.7. The van der Waals surface area contributed by atoms with Crippen LogP contribution in [0.4, 0.5) is 11.4 Å². The highest BCUT2D eigenvalue weighted by atomic mass is 32.2. The van der Waals surface area contributed by atoms with E-state index in [2.05, 4.69) is 5.32 Å². The third-order valence-corrected chi connectivity index (χ3v) is 3.99. The first kappa shape index (κ1) is 15.6. The Morgan fingerprint density at radius 2 is 2.26 bits per heavy atom. The summed E-state index contributed by atoms with van der Waals surface area (Å²) >= 11 is 1.51. The van der Waals surface area contributed by atoms with E-state index in [-0.39, 0.29) is 23.6 Å². The van der Waals surface area contributed by atoms with Crippen molar-refractivity contribution in [1.29, 1.82) is 0 Å². The number of aliphatic hydroxyl groups is 1. The number of methoxy groups -OCH3 is 1. The number of thioether (sulfide) groups is 1. The Bertz CT molecular complexity index is 438. The van der Waals surface area contributed by atoms with E-state index in [0.29, 0.717) is 11.4 Å². The monoisotopic (exact) mass is 286 g/mol. The van der Waals surface area contributed by atoms with E-state index >= 15 is 0 Å². The fraction of sp³-hybridized carbons (Fsp3) is 0.500. The minimum absolute atomic E-state index is 0.00704. The summed E-state index contributed by atoms with van der Waals surface area (Å²) in [5, 5.41) is 23.2. The molecule has 0 fully saturated rings. The molecule has 0 saturated carbocycles. The zero-order valence-electron chi connectivity index (χ0n) is 11.1. The largest absolute Gasteiger partial charge is 0.497 e. The molecular formula is C12H18N2O4S. The predicted octanol–water partition coefficient (Wildman–Crippen LogP) is 2.13. The lowest BCUT2D eigenvalue weighted by Gasteiger charge is -2.22. The maximum absolute atomic E-state index is 11.0. The van der Waals surface area contributed by atoms with Crippen LogP contribution in [-0.4, -0.2) is 41.3 Å². The molecule has 0 heterocycles. The number of nitrogens with one attached hydrogen (secondary N) is 1. The van der Waals surface area contributed by atoms with Crippen LogP contribution in [0.25, 0.3) is 0 Å². The molecule has 0 spiro atoms. The molecule has 7 heteroatoms. The van der Waals surface area contributed by atoms with Crippen molar-refractivity contribution in [2.45, 2.75) is 18.2 Å². The Labute approximate surface area is 116 Å². The average molecular weight is 286 g/mol. The summed E-state index contributed by atoms with van der Waals surface area (Å²) in [5.74, 6) is 0.546. The molecule has 0 aliphatic heterocycles. The summed E-state index contributed by atoms with van der Waals surface area (Å²) in [6, 6.07) is 4.43. The fourth-order valence-corrected chi connectivity index (χ4v) is 2.32. The van der Waals surface area contributed by atoms with E-state index in [1.54, 1.807) is 12.1 Å². The van der Waals surface area contributed by atoms with Gasteiger partial charge >= 0.3 is 0 Å². The van der Waals surface area contributed by atoms with Gasteiger partial charge in [0.25, 0.3) is 5.69 Å². The molecular weight excluding hydrogens is 268 g/mol. The van der Waals surface area contributed by atoms with E-state index in [9.17, 15) is 15.2 Å². The van der Waals surface area contributed by atoms with E-state index in [1.807, 2.05) is 13.2 Å². The molecule has 0 bridgehead atoms. The topological polar surface area (TPSA) is 84.6 Å². The second-order valence-electron chi connectivity index (χ2n) is 4.03. The van der Waals surface area contributed by atoms with Crippen LogP contribution in [0.15, 0.2) is 18.2 Å². The van der Waals surface area contributed by atoms with Gasteiger partial charge in [-0.2, -0.15) is 11.8 Å². The van der Waals surface area contributed by atoms with Crippen molar-refractivity contribution in [2.75, 3.05) is 25.3 Å². The third kappa shape index (κ3) is 4.00. The molecule has 0 radical (unpaired) electrons.